The van der Waals surface area contributed by atoms with Crippen LogP contribution in [0.2, 0.25) is 0 Å². The molecule has 2 amide bonds. The maximum atomic E-state index is 13.4. The minimum absolute atomic E-state index is 0.239. The Morgan fingerprint density at radius 2 is 1.68 bits per heavy atom. The van der Waals surface area contributed by atoms with Crippen molar-refractivity contribution in [3.63, 3.8) is 0 Å². The molecule has 2 aromatic rings. The van der Waals surface area contributed by atoms with Crippen LogP contribution >= 0.6 is 0 Å². The van der Waals surface area contributed by atoms with E-state index in [1.165, 1.54) is 28.2 Å². The molecular formula is C23H23FN2O2. The average molecular weight is 378 g/mol. The lowest BCUT2D eigenvalue weighted by atomic mass is 9.98. The monoisotopic (exact) mass is 378 g/mol. The third kappa shape index (κ3) is 3.21. The van der Waals surface area contributed by atoms with Crippen LogP contribution in [0, 0.1) is 5.82 Å². The standard InChI is InChI=1S/C23H23FN2O2/c1-2-3-13-26-22(27)20(17-8-10-19(24)11-9-17)21(23(26)28)25-14-12-16-6-4-5-7-18(16)15-25/h4-11H,2-3,12-15H2,1H3. The normalized spacial score (nSPS) is 16.8. The predicted octanol–water partition coefficient (Wildman–Crippen LogP) is 3.76. The van der Waals surface area contributed by atoms with E-state index in [1.54, 1.807) is 12.1 Å². The molecule has 0 aromatic heterocycles. The summed E-state index contributed by atoms with van der Waals surface area (Å²) in [4.78, 5) is 29.7. The molecule has 0 saturated heterocycles. The number of imide groups is 1. The number of fused-ring (bicyclic) bond motifs is 1. The molecule has 4 nitrogen and oxygen atoms in total. The van der Waals surface area contributed by atoms with Gasteiger partial charge >= 0.3 is 0 Å². The van der Waals surface area contributed by atoms with Crippen molar-refractivity contribution in [1.29, 1.82) is 0 Å². The Morgan fingerprint density at radius 3 is 2.39 bits per heavy atom. The zero-order valence-electron chi connectivity index (χ0n) is 16.0. The molecule has 2 aliphatic rings. The Balaban J connectivity index is 1.76. The van der Waals surface area contributed by atoms with Crippen molar-refractivity contribution in [3.8, 4) is 0 Å². The van der Waals surface area contributed by atoms with Crippen LogP contribution < -0.4 is 0 Å². The molecule has 28 heavy (non-hydrogen) atoms. The largest absolute Gasteiger partial charge is 0.362 e. The number of hydrogen-bond acceptors (Lipinski definition) is 3. The van der Waals surface area contributed by atoms with E-state index in [4.69, 9.17) is 0 Å². The van der Waals surface area contributed by atoms with Crippen molar-refractivity contribution in [2.45, 2.75) is 32.7 Å². The SMILES string of the molecule is CCCCN1C(=O)C(c2ccc(F)cc2)=C(N2CCc3ccccc3C2)C1=O. The number of carbonyl (C=O) groups excluding carboxylic acids is 2. The zero-order chi connectivity index (χ0) is 19.7. The van der Waals surface area contributed by atoms with Gasteiger partial charge < -0.3 is 4.90 Å². The molecule has 0 fully saturated rings. The molecule has 0 spiro atoms. The molecule has 0 radical (unpaired) electrons. The number of unbranched alkanes of at least 4 members (excludes halogenated alkanes) is 1. The van der Waals surface area contributed by atoms with E-state index in [-0.39, 0.29) is 17.6 Å². The topological polar surface area (TPSA) is 40.6 Å². The fourth-order valence-corrected chi connectivity index (χ4v) is 3.94. The summed E-state index contributed by atoms with van der Waals surface area (Å²) in [6, 6.07) is 14.0. The van der Waals surface area contributed by atoms with Gasteiger partial charge in [0.2, 0.25) is 0 Å². The van der Waals surface area contributed by atoms with Gasteiger partial charge in [-0.05, 0) is 41.7 Å². The van der Waals surface area contributed by atoms with Crippen molar-refractivity contribution in [3.05, 3.63) is 76.7 Å². The Kier molecular flexibility index (Phi) is 4.99. The zero-order valence-corrected chi connectivity index (χ0v) is 16.0. The highest BCUT2D eigenvalue weighted by atomic mass is 19.1. The maximum absolute atomic E-state index is 13.4. The van der Waals surface area contributed by atoms with Crippen LogP contribution in [0.1, 0.15) is 36.5 Å². The quantitative estimate of drug-likeness (QED) is 0.744. The number of nitrogens with zero attached hydrogens (tertiary/aromatic N) is 2. The van der Waals surface area contributed by atoms with Gasteiger partial charge in [-0.1, -0.05) is 49.7 Å². The van der Waals surface area contributed by atoms with Gasteiger partial charge in [-0.2, -0.15) is 0 Å². The van der Waals surface area contributed by atoms with Gasteiger partial charge in [0, 0.05) is 19.6 Å². The fraction of sp³-hybridized carbons (Fsp3) is 0.304. The molecule has 0 bridgehead atoms. The van der Waals surface area contributed by atoms with Gasteiger partial charge in [0.05, 0.1) is 5.57 Å². The highest BCUT2D eigenvalue weighted by Gasteiger charge is 2.41. The van der Waals surface area contributed by atoms with Crippen molar-refractivity contribution in [1.82, 2.24) is 9.80 Å². The van der Waals surface area contributed by atoms with Crippen molar-refractivity contribution in [2.75, 3.05) is 13.1 Å². The third-order valence-electron chi connectivity index (χ3n) is 5.46. The summed E-state index contributed by atoms with van der Waals surface area (Å²) < 4.78 is 13.4. The number of benzene rings is 2. The molecule has 2 aromatic carbocycles. The molecule has 0 saturated carbocycles. The lowest BCUT2D eigenvalue weighted by molar-refractivity contribution is -0.137. The highest BCUT2D eigenvalue weighted by Crippen LogP contribution is 2.34. The minimum atomic E-state index is -0.364. The van der Waals surface area contributed by atoms with Crippen LogP contribution in [0.4, 0.5) is 4.39 Å². The number of hydrogen-bond donors (Lipinski definition) is 0. The lowest BCUT2D eigenvalue weighted by Crippen LogP contribution is -2.37. The molecule has 5 heteroatoms. The summed E-state index contributed by atoms with van der Waals surface area (Å²) in [6.45, 7) is 3.71. The second-order valence-electron chi connectivity index (χ2n) is 7.29. The van der Waals surface area contributed by atoms with Crippen molar-refractivity contribution in [2.24, 2.45) is 0 Å². The summed E-state index contributed by atoms with van der Waals surface area (Å²) in [5.74, 6) is -0.881. The summed E-state index contributed by atoms with van der Waals surface area (Å²) >= 11 is 0. The van der Waals surface area contributed by atoms with Gasteiger partial charge in [-0.3, -0.25) is 14.5 Å². The second-order valence-corrected chi connectivity index (χ2v) is 7.29. The molecule has 0 aliphatic carbocycles. The molecule has 2 heterocycles. The minimum Gasteiger partial charge on any atom is -0.362 e. The maximum Gasteiger partial charge on any atom is 0.277 e. The first-order valence-corrected chi connectivity index (χ1v) is 9.78. The molecule has 144 valence electrons. The van der Waals surface area contributed by atoms with Gasteiger partial charge in [0.15, 0.2) is 0 Å². The number of carbonyl (C=O) groups is 2. The number of amides is 2. The number of halogens is 1. The molecule has 0 N–H and O–H groups in total. The number of rotatable bonds is 5. The predicted molar refractivity (Wildman–Crippen MR) is 106 cm³/mol. The smallest absolute Gasteiger partial charge is 0.277 e. The Hall–Kier alpha value is -2.95. The van der Waals surface area contributed by atoms with E-state index >= 15 is 0 Å². The van der Waals surface area contributed by atoms with Crippen LogP contribution in [-0.4, -0.2) is 34.7 Å². The first kappa shape index (κ1) is 18.4. The van der Waals surface area contributed by atoms with Crippen molar-refractivity contribution >= 4 is 17.4 Å². The van der Waals surface area contributed by atoms with Gasteiger partial charge in [0.1, 0.15) is 11.5 Å². The van der Waals surface area contributed by atoms with Crippen LogP contribution in [0.5, 0.6) is 0 Å². The van der Waals surface area contributed by atoms with E-state index in [0.717, 1.165) is 19.3 Å². The van der Waals surface area contributed by atoms with Crippen LogP contribution in [0.15, 0.2) is 54.2 Å². The second kappa shape index (κ2) is 7.58. The average Bonchev–Trinajstić information content (AvgIpc) is 2.96. The molecule has 0 unspecified atom stereocenters. The summed E-state index contributed by atoms with van der Waals surface area (Å²) in [5.41, 5.74) is 3.88. The van der Waals surface area contributed by atoms with E-state index in [2.05, 4.69) is 12.1 Å². The van der Waals surface area contributed by atoms with E-state index in [0.29, 0.717) is 36.5 Å². The van der Waals surface area contributed by atoms with E-state index < -0.39 is 0 Å². The Labute approximate surface area is 164 Å². The van der Waals surface area contributed by atoms with Gasteiger partial charge in [0.25, 0.3) is 11.8 Å². The van der Waals surface area contributed by atoms with Crippen LogP contribution in [-0.2, 0) is 22.6 Å². The van der Waals surface area contributed by atoms with Gasteiger partial charge in [-0.25, -0.2) is 4.39 Å². The molecule has 4 rings (SSSR count). The van der Waals surface area contributed by atoms with E-state index in [9.17, 15) is 14.0 Å². The first-order valence-electron chi connectivity index (χ1n) is 9.78. The molecular weight excluding hydrogens is 355 g/mol. The Morgan fingerprint density at radius 1 is 0.964 bits per heavy atom. The van der Waals surface area contributed by atoms with Gasteiger partial charge in [-0.15, -0.1) is 0 Å². The fourth-order valence-electron chi connectivity index (χ4n) is 3.94. The Bertz CT molecular complexity index is 949. The van der Waals surface area contributed by atoms with Crippen molar-refractivity contribution < 1.29 is 14.0 Å². The summed E-state index contributed by atoms with van der Waals surface area (Å²) in [5, 5.41) is 0. The third-order valence-corrected chi connectivity index (χ3v) is 5.46. The molecule has 0 atom stereocenters. The first-order chi connectivity index (χ1) is 13.6. The van der Waals surface area contributed by atoms with E-state index in [1.807, 2.05) is 24.0 Å². The van der Waals surface area contributed by atoms with Crippen LogP contribution in [0.25, 0.3) is 5.57 Å². The van der Waals surface area contributed by atoms with Crippen LogP contribution in [0.3, 0.4) is 0 Å². The summed E-state index contributed by atoms with van der Waals surface area (Å²) in [6.07, 6.45) is 2.49. The molecule has 2 aliphatic heterocycles. The lowest BCUT2D eigenvalue weighted by Gasteiger charge is -2.31. The highest BCUT2D eigenvalue weighted by molar-refractivity contribution is 6.35. The summed E-state index contributed by atoms with van der Waals surface area (Å²) in [7, 11) is 0.